The summed E-state index contributed by atoms with van der Waals surface area (Å²) in [6.45, 7) is 2.08. The van der Waals surface area contributed by atoms with Crippen LogP contribution >= 0.6 is 46.4 Å². The average Bonchev–Trinajstić information content (AvgIpc) is 2.41. The van der Waals surface area contributed by atoms with Gasteiger partial charge in [0.15, 0.2) is 0 Å². The average molecular weight is 349 g/mol. The third kappa shape index (κ3) is 3.73. The van der Waals surface area contributed by atoms with Crippen LogP contribution in [-0.2, 0) is 0 Å². The summed E-state index contributed by atoms with van der Waals surface area (Å²) in [7, 11) is 0. The van der Waals surface area contributed by atoms with E-state index < -0.39 is 0 Å². The van der Waals surface area contributed by atoms with Gasteiger partial charge >= 0.3 is 0 Å². The Kier molecular flexibility index (Phi) is 5.45. The van der Waals surface area contributed by atoms with Crippen LogP contribution in [0.25, 0.3) is 0 Å². The van der Waals surface area contributed by atoms with Gasteiger partial charge in [0.05, 0.1) is 16.1 Å². The number of nitrogens with one attached hydrogen (secondary N) is 1. The van der Waals surface area contributed by atoms with Crippen LogP contribution < -0.4 is 5.32 Å². The number of rotatable bonds is 4. The molecule has 0 fully saturated rings. The molecule has 106 valence electrons. The lowest BCUT2D eigenvalue weighted by Gasteiger charge is -2.20. The topological polar surface area (TPSA) is 12.0 Å². The van der Waals surface area contributed by atoms with Crippen molar-refractivity contribution in [3.05, 3.63) is 62.1 Å². The summed E-state index contributed by atoms with van der Waals surface area (Å²) in [6, 6.07) is 11.1. The molecule has 1 N–H and O–H groups in total. The minimum absolute atomic E-state index is 0.0806. The Labute approximate surface area is 138 Å². The second-order valence-electron chi connectivity index (χ2n) is 4.40. The minimum Gasteiger partial charge on any atom is -0.378 e. The smallest absolute Gasteiger partial charge is 0.0612 e. The molecule has 0 heterocycles. The van der Waals surface area contributed by atoms with E-state index in [1.54, 1.807) is 18.2 Å². The van der Waals surface area contributed by atoms with Crippen molar-refractivity contribution < 1.29 is 0 Å². The maximum atomic E-state index is 6.25. The molecule has 0 amide bonds. The van der Waals surface area contributed by atoms with E-state index in [0.717, 1.165) is 17.7 Å². The zero-order chi connectivity index (χ0) is 14.7. The summed E-state index contributed by atoms with van der Waals surface area (Å²) < 4.78 is 0. The third-order valence-electron chi connectivity index (χ3n) is 3.01. The van der Waals surface area contributed by atoms with Crippen molar-refractivity contribution in [1.29, 1.82) is 0 Å². The summed E-state index contributed by atoms with van der Waals surface area (Å²) in [5, 5.41) is 5.74. The van der Waals surface area contributed by atoms with Crippen LogP contribution in [0.4, 0.5) is 5.69 Å². The highest BCUT2D eigenvalue weighted by atomic mass is 35.5. The highest BCUT2D eigenvalue weighted by Gasteiger charge is 2.13. The first-order valence-corrected chi connectivity index (χ1v) is 7.69. The lowest BCUT2D eigenvalue weighted by Crippen LogP contribution is -2.10. The fourth-order valence-corrected chi connectivity index (χ4v) is 2.81. The van der Waals surface area contributed by atoms with Crippen molar-refractivity contribution in [1.82, 2.24) is 0 Å². The third-order valence-corrected chi connectivity index (χ3v) is 4.31. The second-order valence-corrected chi connectivity index (χ2v) is 6.06. The van der Waals surface area contributed by atoms with Crippen molar-refractivity contribution in [2.75, 3.05) is 5.32 Å². The van der Waals surface area contributed by atoms with E-state index in [0.29, 0.717) is 20.1 Å². The first-order valence-electron chi connectivity index (χ1n) is 6.17. The Hall–Kier alpha value is -0.600. The number of hydrogen-bond donors (Lipinski definition) is 1. The summed E-state index contributed by atoms with van der Waals surface area (Å²) in [6.07, 6.45) is 0.877. The molecule has 0 bridgehead atoms. The molecule has 0 saturated heterocycles. The van der Waals surface area contributed by atoms with Gasteiger partial charge in [0, 0.05) is 15.7 Å². The summed E-state index contributed by atoms with van der Waals surface area (Å²) in [4.78, 5) is 0. The highest BCUT2D eigenvalue weighted by molar-refractivity contribution is 6.42. The van der Waals surface area contributed by atoms with Gasteiger partial charge in [-0.1, -0.05) is 59.4 Å². The van der Waals surface area contributed by atoms with Gasteiger partial charge in [0.25, 0.3) is 0 Å². The predicted molar refractivity (Wildman–Crippen MR) is 89.6 cm³/mol. The van der Waals surface area contributed by atoms with Crippen molar-refractivity contribution >= 4 is 52.1 Å². The monoisotopic (exact) mass is 347 g/mol. The molecule has 2 aromatic rings. The maximum Gasteiger partial charge on any atom is 0.0612 e. The molecule has 1 nitrogen and oxygen atoms in total. The molecule has 0 aliphatic heterocycles. The normalized spacial score (nSPS) is 12.2. The van der Waals surface area contributed by atoms with Gasteiger partial charge in [-0.15, -0.1) is 0 Å². The van der Waals surface area contributed by atoms with E-state index in [4.69, 9.17) is 46.4 Å². The van der Waals surface area contributed by atoms with E-state index in [1.807, 2.05) is 18.2 Å². The molecule has 20 heavy (non-hydrogen) atoms. The van der Waals surface area contributed by atoms with Gasteiger partial charge in [0.2, 0.25) is 0 Å². The van der Waals surface area contributed by atoms with Crippen LogP contribution in [0.15, 0.2) is 36.4 Å². The quantitative estimate of drug-likeness (QED) is 0.636. The first kappa shape index (κ1) is 15.8. The molecular formula is C15H13Cl4N. The Morgan fingerprint density at radius 2 is 1.65 bits per heavy atom. The standard InChI is InChI=1S/C15H13Cl4N/c1-2-15(11-5-3-9(16)7-13(11)18)20-10-4-6-12(17)14(19)8-10/h3-8,15,20H,2H2,1H3. The van der Waals surface area contributed by atoms with E-state index in [9.17, 15) is 0 Å². The van der Waals surface area contributed by atoms with Gasteiger partial charge in [-0.25, -0.2) is 0 Å². The molecule has 0 aromatic heterocycles. The minimum atomic E-state index is 0.0806. The van der Waals surface area contributed by atoms with Crippen LogP contribution in [0.1, 0.15) is 24.9 Å². The molecule has 0 aliphatic rings. The van der Waals surface area contributed by atoms with Crippen molar-refractivity contribution in [2.45, 2.75) is 19.4 Å². The SMILES string of the molecule is CCC(Nc1ccc(Cl)c(Cl)c1)c1ccc(Cl)cc1Cl. The number of hydrogen-bond acceptors (Lipinski definition) is 1. The molecule has 0 radical (unpaired) electrons. The van der Waals surface area contributed by atoms with E-state index in [-0.39, 0.29) is 6.04 Å². The Morgan fingerprint density at radius 3 is 2.25 bits per heavy atom. The van der Waals surface area contributed by atoms with Crippen molar-refractivity contribution in [3.8, 4) is 0 Å². The fourth-order valence-electron chi connectivity index (χ4n) is 1.97. The van der Waals surface area contributed by atoms with E-state index >= 15 is 0 Å². The molecule has 5 heteroatoms. The zero-order valence-corrected chi connectivity index (χ0v) is 13.8. The first-order chi connectivity index (χ1) is 9.51. The summed E-state index contributed by atoms with van der Waals surface area (Å²) in [5.41, 5.74) is 1.90. The molecule has 0 spiro atoms. The highest BCUT2D eigenvalue weighted by Crippen LogP contribution is 2.32. The maximum absolute atomic E-state index is 6.25. The van der Waals surface area contributed by atoms with Crippen LogP contribution in [0.3, 0.4) is 0 Å². The van der Waals surface area contributed by atoms with E-state index in [2.05, 4.69) is 12.2 Å². The molecule has 1 atom stereocenters. The second kappa shape index (κ2) is 6.91. The van der Waals surface area contributed by atoms with Gasteiger partial charge < -0.3 is 5.32 Å². The Bertz CT molecular complexity index is 613. The summed E-state index contributed by atoms with van der Waals surface area (Å²) in [5.74, 6) is 0. The lowest BCUT2D eigenvalue weighted by atomic mass is 10.0. The number of halogens is 4. The lowest BCUT2D eigenvalue weighted by molar-refractivity contribution is 0.750. The zero-order valence-electron chi connectivity index (χ0n) is 10.8. The van der Waals surface area contributed by atoms with Crippen LogP contribution in [0.5, 0.6) is 0 Å². The van der Waals surface area contributed by atoms with Gasteiger partial charge in [0.1, 0.15) is 0 Å². The predicted octanol–water partition coefficient (Wildman–Crippen LogP) is 6.86. The number of anilines is 1. The molecule has 0 aliphatic carbocycles. The largest absolute Gasteiger partial charge is 0.378 e. The van der Waals surface area contributed by atoms with Crippen molar-refractivity contribution in [2.24, 2.45) is 0 Å². The molecule has 0 saturated carbocycles. The Morgan fingerprint density at radius 1 is 0.900 bits per heavy atom. The molecular weight excluding hydrogens is 336 g/mol. The molecule has 1 unspecified atom stereocenters. The Balaban J connectivity index is 2.26. The van der Waals surface area contributed by atoms with Gasteiger partial charge in [-0.2, -0.15) is 0 Å². The van der Waals surface area contributed by atoms with Gasteiger partial charge in [-0.05, 0) is 42.3 Å². The molecule has 2 aromatic carbocycles. The van der Waals surface area contributed by atoms with Crippen LogP contribution in [0.2, 0.25) is 20.1 Å². The fraction of sp³-hybridized carbons (Fsp3) is 0.200. The van der Waals surface area contributed by atoms with E-state index in [1.165, 1.54) is 0 Å². The summed E-state index contributed by atoms with van der Waals surface area (Å²) >= 11 is 24.1. The van der Waals surface area contributed by atoms with Crippen LogP contribution in [-0.4, -0.2) is 0 Å². The number of benzene rings is 2. The van der Waals surface area contributed by atoms with Crippen molar-refractivity contribution in [3.63, 3.8) is 0 Å². The van der Waals surface area contributed by atoms with Crippen LogP contribution in [0, 0.1) is 0 Å². The van der Waals surface area contributed by atoms with Gasteiger partial charge in [-0.3, -0.25) is 0 Å². The molecule has 2 rings (SSSR count).